The van der Waals surface area contributed by atoms with Crippen molar-refractivity contribution in [3.63, 3.8) is 0 Å². The number of ether oxygens (including phenoxy) is 1. The van der Waals surface area contributed by atoms with Crippen LogP contribution in [0.5, 0.6) is 5.75 Å². The molecule has 0 fully saturated rings. The molecule has 0 spiro atoms. The van der Waals surface area contributed by atoms with Crippen LogP contribution in [0.3, 0.4) is 0 Å². The zero-order valence-electron chi connectivity index (χ0n) is 12.2. The Labute approximate surface area is 137 Å². The number of nitrogens with zero attached hydrogens (tertiary/aromatic N) is 2. The average molecular weight is 361 g/mol. The third kappa shape index (κ3) is 3.15. The number of aliphatic hydroxyl groups excluding tert-OH is 1. The van der Waals surface area contributed by atoms with E-state index in [-0.39, 0.29) is 0 Å². The number of aromatic nitrogens is 2. The van der Waals surface area contributed by atoms with Crippen LogP contribution >= 0.6 is 15.9 Å². The van der Waals surface area contributed by atoms with Crippen LogP contribution in [0.1, 0.15) is 18.9 Å². The molecule has 1 unspecified atom stereocenters. The van der Waals surface area contributed by atoms with E-state index in [1.54, 1.807) is 6.92 Å². The molecule has 3 rings (SSSR count). The van der Waals surface area contributed by atoms with Crippen molar-refractivity contribution in [1.29, 1.82) is 0 Å². The molecule has 4 nitrogen and oxygen atoms in total. The number of hydrogen-bond acceptors (Lipinski definition) is 3. The Balaban J connectivity index is 1.78. The summed E-state index contributed by atoms with van der Waals surface area (Å²) in [5.74, 6) is 1.49. The van der Waals surface area contributed by atoms with E-state index < -0.39 is 6.10 Å². The van der Waals surface area contributed by atoms with Gasteiger partial charge in [-0.15, -0.1) is 0 Å². The van der Waals surface area contributed by atoms with E-state index in [1.165, 1.54) is 0 Å². The van der Waals surface area contributed by atoms with Gasteiger partial charge in [-0.25, -0.2) is 4.98 Å². The van der Waals surface area contributed by atoms with Crippen LogP contribution in [0.2, 0.25) is 0 Å². The van der Waals surface area contributed by atoms with E-state index in [9.17, 15) is 5.11 Å². The molecule has 0 bridgehead atoms. The molecule has 0 aliphatic carbocycles. The first-order valence-electron chi connectivity index (χ1n) is 7.17. The van der Waals surface area contributed by atoms with Gasteiger partial charge < -0.3 is 14.4 Å². The molecule has 0 saturated carbocycles. The smallest absolute Gasteiger partial charge is 0.138 e. The van der Waals surface area contributed by atoms with Gasteiger partial charge in [-0.3, -0.25) is 0 Å². The Kier molecular flexibility index (Phi) is 4.45. The van der Waals surface area contributed by atoms with Crippen molar-refractivity contribution in [2.75, 3.05) is 6.61 Å². The van der Waals surface area contributed by atoms with E-state index in [0.717, 1.165) is 21.3 Å². The Morgan fingerprint density at radius 3 is 2.64 bits per heavy atom. The molecule has 2 aromatic carbocycles. The van der Waals surface area contributed by atoms with E-state index in [1.807, 2.05) is 53.1 Å². The molecule has 22 heavy (non-hydrogen) atoms. The highest BCUT2D eigenvalue weighted by Gasteiger charge is 2.14. The van der Waals surface area contributed by atoms with Crippen LogP contribution in [-0.2, 0) is 6.54 Å². The second-order valence-corrected chi connectivity index (χ2v) is 6.00. The normalized spacial score (nSPS) is 12.5. The highest BCUT2D eigenvalue weighted by atomic mass is 79.9. The SMILES string of the molecule is CC(O)c1nc2ccccc2n1CCOc1ccc(Br)cc1. The molecular formula is C17H17BrN2O2. The average Bonchev–Trinajstić information content (AvgIpc) is 2.89. The Bertz CT molecular complexity index is 766. The maximum atomic E-state index is 9.92. The number of aliphatic hydroxyl groups is 1. The standard InChI is InChI=1S/C17H17BrN2O2/c1-12(21)17-19-15-4-2-3-5-16(15)20(17)10-11-22-14-8-6-13(18)7-9-14/h2-9,12,21H,10-11H2,1H3. The third-order valence-corrected chi connectivity index (χ3v) is 3.98. The van der Waals surface area contributed by atoms with Gasteiger partial charge in [0.15, 0.2) is 0 Å². The lowest BCUT2D eigenvalue weighted by atomic mass is 10.3. The van der Waals surface area contributed by atoms with Crippen molar-refractivity contribution in [1.82, 2.24) is 9.55 Å². The maximum Gasteiger partial charge on any atom is 0.138 e. The summed E-state index contributed by atoms with van der Waals surface area (Å²) in [5, 5.41) is 9.92. The minimum Gasteiger partial charge on any atom is -0.492 e. The minimum absolute atomic E-state index is 0.516. The lowest BCUT2D eigenvalue weighted by molar-refractivity contribution is 0.181. The topological polar surface area (TPSA) is 47.3 Å². The lowest BCUT2D eigenvalue weighted by Crippen LogP contribution is -2.12. The molecular weight excluding hydrogens is 344 g/mol. The number of benzene rings is 2. The molecule has 1 heterocycles. The van der Waals surface area contributed by atoms with Crippen molar-refractivity contribution in [2.24, 2.45) is 0 Å². The van der Waals surface area contributed by atoms with Gasteiger partial charge in [-0.1, -0.05) is 28.1 Å². The monoisotopic (exact) mass is 360 g/mol. The van der Waals surface area contributed by atoms with Gasteiger partial charge in [0.25, 0.3) is 0 Å². The second kappa shape index (κ2) is 6.50. The van der Waals surface area contributed by atoms with Gasteiger partial charge >= 0.3 is 0 Å². The fraction of sp³-hybridized carbons (Fsp3) is 0.235. The van der Waals surface area contributed by atoms with Crippen LogP contribution in [0, 0.1) is 0 Å². The van der Waals surface area contributed by atoms with E-state index in [2.05, 4.69) is 20.9 Å². The van der Waals surface area contributed by atoms with Crippen molar-refractivity contribution in [3.8, 4) is 5.75 Å². The van der Waals surface area contributed by atoms with Crippen molar-refractivity contribution >= 4 is 27.0 Å². The van der Waals surface area contributed by atoms with Crippen LogP contribution in [0.25, 0.3) is 11.0 Å². The highest BCUT2D eigenvalue weighted by Crippen LogP contribution is 2.21. The molecule has 5 heteroatoms. The molecule has 0 aliphatic rings. The number of rotatable bonds is 5. The summed E-state index contributed by atoms with van der Waals surface area (Å²) in [6.07, 6.45) is -0.611. The number of fused-ring (bicyclic) bond motifs is 1. The summed E-state index contributed by atoms with van der Waals surface area (Å²) in [4.78, 5) is 4.50. The third-order valence-electron chi connectivity index (χ3n) is 3.46. The Morgan fingerprint density at radius 2 is 1.91 bits per heavy atom. The summed E-state index contributed by atoms with van der Waals surface area (Å²) < 4.78 is 8.80. The summed E-state index contributed by atoms with van der Waals surface area (Å²) >= 11 is 3.40. The van der Waals surface area contributed by atoms with Crippen LogP contribution < -0.4 is 4.74 Å². The van der Waals surface area contributed by atoms with Crippen molar-refractivity contribution in [3.05, 3.63) is 58.8 Å². The molecule has 1 atom stereocenters. The molecule has 1 N–H and O–H groups in total. The van der Waals surface area contributed by atoms with Crippen LogP contribution in [0.15, 0.2) is 53.0 Å². The fourth-order valence-electron chi connectivity index (χ4n) is 2.43. The van der Waals surface area contributed by atoms with E-state index in [0.29, 0.717) is 19.0 Å². The van der Waals surface area contributed by atoms with Gasteiger partial charge in [0.1, 0.15) is 24.3 Å². The molecule has 0 saturated heterocycles. The first-order chi connectivity index (χ1) is 10.6. The summed E-state index contributed by atoms with van der Waals surface area (Å²) in [5.41, 5.74) is 1.90. The van der Waals surface area contributed by atoms with Crippen molar-refractivity contribution in [2.45, 2.75) is 19.6 Å². The summed E-state index contributed by atoms with van der Waals surface area (Å²) in [6.45, 7) is 2.88. The van der Waals surface area contributed by atoms with Gasteiger partial charge in [-0.05, 0) is 43.3 Å². The first-order valence-corrected chi connectivity index (χ1v) is 7.96. The molecule has 114 valence electrons. The quantitative estimate of drug-likeness (QED) is 0.749. The fourth-order valence-corrected chi connectivity index (χ4v) is 2.70. The Morgan fingerprint density at radius 1 is 1.18 bits per heavy atom. The van der Waals surface area contributed by atoms with Crippen molar-refractivity contribution < 1.29 is 9.84 Å². The first kappa shape index (κ1) is 15.1. The van der Waals surface area contributed by atoms with E-state index >= 15 is 0 Å². The minimum atomic E-state index is -0.611. The van der Waals surface area contributed by atoms with Gasteiger partial charge in [0.05, 0.1) is 17.6 Å². The lowest BCUT2D eigenvalue weighted by Gasteiger charge is -2.12. The van der Waals surface area contributed by atoms with Crippen LogP contribution in [-0.4, -0.2) is 21.3 Å². The van der Waals surface area contributed by atoms with E-state index in [4.69, 9.17) is 4.74 Å². The Hall–Kier alpha value is -1.85. The number of para-hydroxylation sites is 2. The summed E-state index contributed by atoms with van der Waals surface area (Å²) in [6, 6.07) is 15.6. The zero-order valence-corrected chi connectivity index (χ0v) is 13.8. The molecule has 0 aliphatic heterocycles. The number of hydrogen-bond donors (Lipinski definition) is 1. The van der Waals surface area contributed by atoms with Crippen LogP contribution in [0.4, 0.5) is 0 Å². The summed E-state index contributed by atoms with van der Waals surface area (Å²) in [7, 11) is 0. The molecule has 0 amide bonds. The maximum absolute atomic E-state index is 9.92. The number of halogens is 1. The number of imidazole rings is 1. The molecule has 1 aromatic heterocycles. The zero-order chi connectivity index (χ0) is 15.5. The largest absolute Gasteiger partial charge is 0.492 e. The molecule has 3 aromatic rings. The second-order valence-electron chi connectivity index (χ2n) is 5.09. The van der Waals surface area contributed by atoms with Gasteiger partial charge in [0, 0.05) is 4.47 Å². The molecule has 0 radical (unpaired) electrons. The predicted molar refractivity (Wildman–Crippen MR) is 90.0 cm³/mol. The predicted octanol–water partition coefficient (Wildman–Crippen LogP) is 3.93. The van der Waals surface area contributed by atoms with Gasteiger partial charge in [0.2, 0.25) is 0 Å². The van der Waals surface area contributed by atoms with Gasteiger partial charge in [-0.2, -0.15) is 0 Å². The highest BCUT2D eigenvalue weighted by molar-refractivity contribution is 9.10.